The van der Waals surface area contributed by atoms with Crippen molar-refractivity contribution in [2.45, 2.75) is 31.7 Å². The molecule has 1 aromatic rings. The van der Waals surface area contributed by atoms with Gasteiger partial charge in [0.1, 0.15) is 0 Å². The normalized spacial score (nSPS) is 18.9. The largest absolute Gasteiger partial charge is 0.373 e. The molecular weight excluding hydrogens is 290 g/mol. The van der Waals surface area contributed by atoms with Crippen molar-refractivity contribution in [3.05, 3.63) is 33.9 Å². The summed E-state index contributed by atoms with van der Waals surface area (Å²) in [4.78, 5) is 15.1. The Morgan fingerprint density at radius 1 is 1.52 bits per heavy atom. The summed E-state index contributed by atoms with van der Waals surface area (Å²) >= 11 is 5.97. The molecule has 1 aromatic carbocycles. The first-order chi connectivity index (χ1) is 10.1. The van der Waals surface area contributed by atoms with Gasteiger partial charge in [-0.2, -0.15) is 0 Å². The predicted octanol–water partition coefficient (Wildman–Crippen LogP) is 3.25. The smallest absolute Gasteiger partial charge is 0.269 e. The minimum absolute atomic E-state index is 0.0962. The number of halogens is 1. The fourth-order valence-corrected chi connectivity index (χ4v) is 3.31. The van der Waals surface area contributed by atoms with Crippen molar-refractivity contribution in [3.8, 4) is 0 Å². The van der Waals surface area contributed by atoms with Crippen LogP contribution in [0.2, 0.25) is 0 Å². The molecule has 0 radical (unpaired) electrons. The second-order valence-electron chi connectivity index (χ2n) is 5.51. The molecule has 1 aliphatic rings. The molecule has 1 fully saturated rings. The number of alkyl halides is 1. The van der Waals surface area contributed by atoms with Crippen LogP contribution in [0.3, 0.4) is 0 Å². The maximum Gasteiger partial charge on any atom is 0.269 e. The minimum Gasteiger partial charge on any atom is -0.373 e. The first-order valence-electron chi connectivity index (χ1n) is 7.35. The summed E-state index contributed by atoms with van der Waals surface area (Å²) in [5.41, 5.74) is 1.90. The molecular formula is C15H22ClN3O2. The fourth-order valence-electron chi connectivity index (χ4n) is 3.10. The van der Waals surface area contributed by atoms with Crippen LogP contribution < -0.4 is 4.90 Å². The van der Waals surface area contributed by atoms with Gasteiger partial charge < -0.3 is 4.90 Å². The standard InChI is InChI=1S/C15H22ClN3O2/c1-3-18-8-4-5-14(18)11-17(2)15-7-6-13(19(20)21)9-12(15)10-16/h6-7,9,14H,3-5,8,10-11H2,1-2H3. The van der Waals surface area contributed by atoms with Gasteiger partial charge in [0.15, 0.2) is 0 Å². The third-order valence-electron chi connectivity index (χ3n) is 4.22. The fraction of sp³-hybridized carbons (Fsp3) is 0.600. The lowest BCUT2D eigenvalue weighted by atomic mass is 10.1. The lowest BCUT2D eigenvalue weighted by Crippen LogP contribution is -2.39. The number of non-ortho nitro benzene ring substituents is 1. The number of likely N-dealkylation sites (tertiary alicyclic amines) is 1. The van der Waals surface area contributed by atoms with Crippen molar-refractivity contribution in [2.24, 2.45) is 0 Å². The monoisotopic (exact) mass is 311 g/mol. The van der Waals surface area contributed by atoms with Crippen LogP contribution in [0, 0.1) is 10.1 Å². The Morgan fingerprint density at radius 2 is 2.29 bits per heavy atom. The van der Waals surface area contributed by atoms with Crippen LogP contribution in [0.4, 0.5) is 11.4 Å². The van der Waals surface area contributed by atoms with Crippen molar-refractivity contribution < 1.29 is 4.92 Å². The number of likely N-dealkylation sites (N-methyl/N-ethyl adjacent to an activating group) is 2. The van der Waals surface area contributed by atoms with E-state index in [2.05, 4.69) is 16.7 Å². The zero-order valence-electron chi connectivity index (χ0n) is 12.6. The zero-order valence-corrected chi connectivity index (χ0v) is 13.3. The number of rotatable bonds is 6. The van der Waals surface area contributed by atoms with Crippen LogP contribution in [0.5, 0.6) is 0 Å². The van der Waals surface area contributed by atoms with Crippen molar-refractivity contribution >= 4 is 23.0 Å². The van der Waals surface area contributed by atoms with Gasteiger partial charge in [-0.15, -0.1) is 11.6 Å². The van der Waals surface area contributed by atoms with Crippen LogP contribution in [0.25, 0.3) is 0 Å². The molecule has 0 aromatic heterocycles. The number of benzene rings is 1. The van der Waals surface area contributed by atoms with Gasteiger partial charge in [-0.25, -0.2) is 0 Å². The van der Waals surface area contributed by atoms with Gasteiger partial charge in [0, 0.05) is 43.3 Å². The van der Waals surface area contributed by atoms with Crippen LogP contribution in [-0.2, 0) is 5.88 Å². The third kappa shape index (κ3) is 3.66. The Hall–Kier alpha value is -1.33. The average molecular weight is 312 g/mol. The summed E-state index contributed by atoms with van der Waals surface area (Å²) in [7, 11) is 2.03. The van der Waals surface area contributed by atoms with Gasteiger partial charge in [0.05, 0.1) is 4.92 Å². The minimum atomic E-state index is -0.379. The Bertz CT molecular complexity index is 510. The molecule has 5 nitrogen and oxygen atoms in total. The first-order valence-corrected chi connectivity index (χ1v) is 7.88. The van der Waals surface area contributed by atoms with E-state index in [1.807, 2.05) is 7.05 Å². The number of anilines is 1. The maximum atomic E-state index is 10.9. The highest BCUT2D eigenvalue weighted by Crippen LogP contribution is 2.28. The molecule has 6 heteroatoms. The molecule has 1 atom stereocenters. The number of nitrogens with zero attached hydrogens (tertiary/aromatic N) is 3. The molecule has 116 valence electrons. The molecule has 2 rings (SSSR count). The Labute approximate surface area is 130 Å². The van der Waals surface area contributed by atoms with E-state index in [0.717, 1.165) is 30.9 Å². The third-order valence-corrected chi connectivity index (χ3v) is 4.51. The first kappa shape index (κ1) is 16.0. The molecule has 1 unspecified atom stereocenters. The second-order valence-corrected chi connectivity index (χ2v) is 5.78. The summed E-state index contributed by atoms with van der Waals surface area (Å²) in [6, 6.07) is 5.48. The SMILES string of the molecule is CCN1CCCC1CN(C)c1ccc([N+](=O)[O-])cc1CCl. The summed E-state index contributed by atoms with van der Waals surface area (Å²) in [5.74, 6) is 0.281. The van der Waals surface area contributed by atoms with Gasteiger partial charge >= 0.3 is 0 Å². The van der Waals surface area contributed by atoms with E-state index in [1.165, 1.54) is 12.8 Å². The molecule has 1 heterocycles. The van der Waals surface area contributed by atoms with Gasteiger partial charge in [-0.3, -0.25) is 15.0 Å². The molecule has 0 amide bonds. The van der Waals surface area contributed by atoms with E-state index in [1.54, 1.807) is 18.2 Å². The number of nitro groups is 1. The molecule has 0 bridgehead atoms. The van der Waals surface area contributed by atoms with Gasteiger partial charge in [0.25, 0.3) is 5.69 Å². The highest BCUT2D eigenvalue weighted by molar-refractivity contribution is 6.17. The quantitative estimate of drug-likeness (QED) is 0.460. The molecule has 0 N–H and O–H groups in total. The van der Waals surface area contributed by atoms with Gasteiger partial charge in [-0.05, 0) is 37.6 Å². The highest BCUT2D eigenvalue weighted by Gasteiger charge is 2.25. The van der Waals surface area contributed by atoms with Crippen LogP contribution in [0.1, 0.15) is 25.3 Å². The summed E-state index contributed by atoms with van der Waals surface area (Å²) < 4.78 is 0. The Morgan fingerprint density at radius 3 is 2.90 bits per heavy atom. The van der Waals surface area contributed by atoms with E-state index >= 15 is 0 Å². The number of nitro benzene ring substituents is 1. The van der Waals surface area contributed by atoms with E-state index in [9.17, 15) is 10.1 Å². The molecule has 0 spiro atoms. The van der Waals surface area contributed by atoms with E-state index in [0.29, 0.717) is 6.04 Å². The number of hydrogen-bond acceptors (Lipinski definition) is 4. The van der Waals surface area contributed by atoms with Crippen LogP contribution in [-0.4, -0.2) is 42.5 Å². The van der Waals surface area contributed by atoms with Gasteiger partial charge in [-0.1, -0.05) is 6.92 Å². The lowest BCUT2D eigenvalue weighted by molar-refractivity contribution is -0.384. The van der Waals surface area contributed by atoms with Crippen molar-refractivity contribution in [1.29, 1.82) is 0 Å². The van der Waals surface area contributed by atoms with E-state index in [4.69, 9.17) is 11.6 Å². The van der Waals surface area contributed by atoms with Crippen molar-refractivity contribution in [1.82, 2.24) is 4.90 Å². The molecule has 0 saturated carbocycles. The van der Waals surface area contributed by atoms with Crippen molar-refractivity contribution in [2.75, 3.05) is 31.6 Å². The predicted molar refractivity (Wildman–Crippen MR) is 86.2 cm³/mol. The van der Waals surface area contributed by atoms with Crippen molar-refractivity contribution in [3.63, 3.8) is 0 Å². The van der Waals surface area contributed by atoms with Crippen LogP contribution in [0.15, 0.2) is 18.2 Å². The molecule has 1 saturated heterocycles. The Kier molecular flexibility index (Phi) is 5.42. The molecule has 21 heavy (non-hydrogen) atoms. The maximum absolute atomic E-state index is 10.9. The summed E-state index contributed by atoms with van der Waals surface area (Å²) in [5, 5.41) is 10.9. The lowest BCUT2D eigenvalue weighted by Gasteiger charge is -2.30. The molecule has 0 aliphatic carbocycles. The topological polar surface area (TPSA) is 49.6 Å². The van der Waals surface area contributed by atoms with E-state index in [-0.39, 0.29) is 16.5 Å². The summed E-state index contributed by atoms with van der Waals surface area (Å²) in [6.07, 6.45) is 2.45. The second kappa shape index (κ2) is 7.09. The zero-order chi connectivity index (χ0) is 15.4. The Balaban J connectivity index is 2.14. The average Bonchev–Trinajstić information content (AvgIpc) is 2.93. The number of hydrogen-bond donors (Lipinski definition) is 0. The highest BCUT2D eigenvalue weighted by atomic mass is 35.5. The van der Waals surface area contributed by atoms with Gasteiger partial charge in [0.2, 0.25) is 0 Å². The van der Waals surface area contributed by atoms with Crippen LogP contribution >= 0.6 is 11.6 Å². The van der Waals surface area contributed by atoms with E-state index < -0.39 is 0 Å². The molecule has 1 aliphatic heterocycles. The summed E-state index contributed by atoms with van der Waals surface area (Å²) in [6.45, 7) is 5.35.